The summed E-state index contributed by atoms with van der Waals surface area (Å²) in [5, 5.41) is 3.05. The van der Waals surface area contributed by atoms with E-state index in [2.05, 4.69) is 21.2 Å². The molecule has 0 aliphatic carbocycles. The minimum Gasteiger partial charge on any atom is -0.465 e. The Morgan fingerprint density at radius 3 is 3.05 bits per heavy atom. The number of rotatable bonds is 4. The number of ether oxygens (including phenoxy) is 1. The van der Waals surface area contributed by atoms with Gasteiger partial charge in [-0.15, -0.1) is 6.42 Å². The van der Waals surface area contributed by atoms with Crippen LogP contribution < -0.4 is 21.3 Å². The molecule has 19 heavy (non-hydrogen) atoms. The molecule has 0 atom stereocenters. The lowest BCUT2D eigenvalue weighted by atomic mass is 10.0. The molecule has 0 radical (unpaired) electrons. The van der Waals surface area contributed by atoms with Crippen LogP contribution >= 0.6 is 0 Å². The molecule has 0 unspecified atom stereocenters. The smallest absolute Gasteiger partial charge is 0.230 e. The molecule has 0 saturated heterocycles. The third-order valence-electron chi connectivity index (χ3n) is 2.36. The average Bonchev–Trinajstić information content (AvgIpc) is 2.39. The fraction of sp³-hybridized carbons (Fsp3) is 0.0769. The van der Waals surface area contributed by atoms with E-state index in [1.54, 1.807) is 12.3 Å². The van der Waals surface area contributed by atoms with Crippen molar-refractivity contribution in [1.82, 2.24) is 9.97 Å². The van der Waals surface area contributed by atoms with Crippen molar-refractivity contribution in [1.29, 1.82) is 0 Å². The maximum atomic E-state index is 5.70. The molecule has 0 aliphatic heterocycles. The van der Waals surface area contributed by atoms with Crippen LogP contribution in [-0.2, 0) is 0 Å². The van der Waals surface area contributed by atoms with Crippen molar-refractivity contribution < 1.29 is 4.74 Å². The van der Waals surface area contributed by atoms with Crippen molar-refractivity contribution in [2.24, 2.45) is 0 Å². The van der Waals surface area contributed by atoms with Gasteiger partial charge in [0.05, 0.1) is 0 Å². The summed E-state index contributed by atoms with van der Waals surface area (Å²) >= 11 is 0. The number of nitrogens with two attached hydrogens (primary N) is 1. The molecule has 0 amide bonds. The lowest BCUT2D eigenvalue weighted by Gasteiger charge is -2.09. The van der Waals surface area contributed by atoms with Gasteiger partial charge in [0.1, 0.15) is 7.85 Å². The highest BCUT2D eigenvalue weighted by Crippen LogP contribution is 2.16. The minimum atomic E-state index is 0.176. The fourth-order valence-corrected chi connectivity index (χ4v) is 1.49. The third-order valence-corrected chi connectivity index (χ3v) is 2.36. The van der Waals surface area contributed by atoms with E-state index in [1.165, 1.54) is 0 Å². The summed E-state index contributed by atoms with van der Waals surface area (Å²) in [5.74, 6) is 3.31. The molecule has 5 nitrogen and oxygen atoms in total. The van der Waals surface area contributed by atoms with Crippen LogP contribution in [0.5, 0.6) is 5.88 Å². The van der Waals surface area contributed by atoms with Gasteiger partial charge in [-0.05, 0) is 23.7 Å². The topological polar surface area (TPSA) is 73.1 Å². The maximum absolute atomic E-state index is 5.70. The molecule has 0 bridgehead atoms. The van der Waals surface area contributed by atoms with Crippen molar-refractivity contribution in [3.63, 3.8) is 0 Å². The summed E-state index contributed by atoms with van der Waals surface area (Å²) in [6.07, 6.45) is 6.83. The largest absolute Gasteiger partial charge is 0.465 e. The van der Waals surface area contributed by atoms with Crippen LogP contribution in [0.15, 0.2) is 30.5 Å². The number of benzene rings is 1. The molecular weight excluding hydrogens is 239 g/mol. The second kappa shape index (κ2) is 5.78. The fourth-order valence-electron chi connectivity index (χ4n) is 1.49. The standard InChI is InChI=1S/C13H13BN4O/c1-2-6-19-12-11(14)8-16-13(18-12)17-10-5-3-4-9(15)7-10/h1,3-5,7-8H,6,14-15H2,(H,16,17,18). The number of nitrogens with one attached hydrogen (secondary N) is 1. The van der Waals surface area contributed by atoms with E-state index >= 15 is 0 Å². The van der Waals surface area contributed by atoms with Crippen LogP contribution in [0.2, 0.25) is 0 Å². The molecule has 1 heterocycles. The summed E-state index contributed by atoms with van der Waals surface area (Å²) in [7, 11) is 1.86. The molecule has 0 saturated carbocycles. The Labute approximate surface area is 112 Å². The zero-order valence-electron chi connectivity index (χ0n) is 10.6. The molecule has 6 heteroatoms. The first-order chi connectivity index (χ1) is 9.19. The van der Waals surface area contributed by atoms with E-state index in [-0.39, 0.29) is 6.61 Å². The van der Waals surface area contributed by atoms with Crippen molar-refractivity contribution >= 4 is 30.6 Å². The highest BCUT2D eigenvalue weighted by Gasteiger charge is 2.05. The maximum Gasteiger partial charge on any atom is 0.230 e. The van der Waals surface area contributed by atoms with E-state index in [9.17, 15) is 0 Å². The zero-order chi connectivity index (χ0) is 13.7. The summed E-state index contributed by atoms with van der Waals surface area (Å²) in [5.41, 5.74) is 8.01. The quantitative estimate of drug-likeness (QED) is 0.457. The van der Waals surface area contributed by atoms with Crippen LogP contribution in [-0.4, -0.2) is 24.4 Å². The second-order valence-electron chi connectivity index (χ2n) is 3.93. The van der Waals surface area contributed by atoms with Gasteiger partial charge in [0.25, 0.3) is 0 Å². The first kappa shape index (κ1) is 12.8. The van der Waals surface area contributed by atoms with Gasteiger partial charge in [-0.3, -0.25) is 0 Å². The number of nitrogen functional groups attached to an aromatic ring is 1. The molecule has 1 aromatic carbocycles. The van der Waals surface area contributed by atoms with Crippen molar-refractivity contribution in [3.8, 4) is 18.2 Å². The van der Waals surface area contributed by atoms with Gasteiger partial charge in [-0.2, -0.15) is 4.98 Å². The zero-order valence-corrected chi connectivity index (χ0v) is 10.6. The number of anilines is 3. The van der Waals surface area contributed by atoms with Gasteiger partial charge in [0, 0.05) is 17.6 Å². The van der Waals surface area contributed by atoms with E-state index < -0.39 is 0 Å². The van der Waals surface area contributed by atoms with E-state index in [0.29, 0.717) is 17.5 Å². The van der Waals surface area contributed by atoms with E-state index in [1.807, 2.05) is 26.0 Å². The first-order valence-corrected chi connectivity index (χ1v) is 5.71. The van der Waals surface area contributed by atoms with Gasteiger partial charge >= 0.3 is 0 Å². The van der Waals surface area contributed by atoms with E-state index in [0.717, 1.165) is 11.2 Å². The predicted octanol–water partition coefficient (Wildman–Crippen LogP) is 0.0728. The molecule has 0 fully saturated rings. The normalized spacial score (nSPS) is 9.63. The molecule has 0 spiro atoms. The number of terminal acetylenes is 1. The van der Waals surface area contributed by atoms with Crippen LogP contribution in [0, 0.1) is 12.3 Å². The van der Waals surface area contributed by atoms with Gasteiger partial charge in [0.2, 0.25) is 11.8 Å². The van der Waals surface area contributed by atoms with Crippen LogP contribution in [0.25, 0.3) is 0 Å². The monoisotopic (exact) mass is 252 g/mol. The number of hydrogen-bond acceptors (Lipinski definition) is 5. The van der Waals surface area contributed by atoms with Crippen LogP contribution in [0.1, 0.15) is 0 Å². The minimum absolute atomic E-state index is 0.176. The Morgan fingerprint density at radius 2 is 2.32 bits per heavy atom. The Hall–Kier alpha value is -2.68. The average molecular weight is 252 g/mol. The summed E-state index contributed by atoms with van der Waals surface area (Å²) in [6, 6.07) is 7.33. The van der Waals surface area contributed by atoms with E-state index in [4.69, 9.17) is 16.9 Å². The van der Waals surface area contributed by atoms with Gasteiger partial charge in [0.15, 0.2) is 6.61 Å². The molecule has 0 aliphatic rings. The Kier molecular flexibility index (Phi) is 3.89. The van der Waals surface area contributed by atoms with Crippen LogP contribution in [0.4, 0.5) is 17.3 Å². The number of aromatic nitrogens is 2. The van der Waals surface area contributed by atoms with Gasteiger partial charge in [-0.25, -0.2) is 4.98 Å². The Morgan fingerprint density at radius 1 is 1.47 bits per heavy atom. The molecule has 3 N–H and O–H groups in total. The molecule has 2 rings (SSSR count). The molecule has 1 aromatic heterocycles. The second-order valence-corrected chi connectivity index (χ2v) is 3.93. The SMILES string of the molecule is Bc1cnc(Nc2cccc(N)c2)nc1OCC#C. The highest BCUT2D eigenvalue weighted by molar-refractivity contribution is 6.33. The summed E-state index contributed by atoms with van der Waals surface area (Å²) in [6.45, 7) is 0.176. The lowest BCUT2D eigenvalue weighted by molar-refractivity contribution is 0.359. The Bertz CT molecular complexity index is 624. The highest BCUT2D eigenvalue weighted by atomic mass is 16.5. The number of nitrogens with zero attached hydrogens (tertiary/aromatic N) is 2. The van der Waals surface area contributed by atoms with Gasteiger partial charge in [-0.1, -0.05) is 12.0 Å². The summed E-state index contributed by atoms with van der Waals surface area (Å²) in [4.78, 5) is 8.43. The lowest BCUT2D eigenvalue weighted by Crippen LogP contribution is -2.14. The third kappa shape index (κ3) is 3.39. The molecular formula is C13H13BN4O. The first-order valence-electron chi connectivity index (χ1n) is 5.71. The predicted molar refractivity (Wildman–Crippen MR) is 78.7 cm³/mol. The van der Waals surface area contributed by atoms with Crippen molar-refractivity contribution in [2.75, 3.05) is 17.7 Å². The summed E-state index contributed by atoms with van der Waals surface area (Å²) < 4.78 is 5.34. The van der Waals surface area contributed by atoms with Crippen LogP contribution in [0.3, 0.4) is 0 Å². The van der Waals surface area contributed by atoms with Crippen molar-refractivity contribution in [2.45, 2.75) is 0 Å². The molecule has 2 aromatic rings. The van der Waals surface area contributed by atoms with Crippen molar-refractivity contribution in [3.05, 3.63) is 30.5 Å². The Balaban J connectivity index is 2.19. The molecule has 94 valence electrons. The number of hydrogen-bond donors (Lipinski definition) is 2. The van der Waals surface area contributed by atoms with Gasteiger partial charge < -0.3 is 15.8 Å².